The van der Waals surface area contributed by atoms with E-state index in [1.165, 1.54) is 7.11 Å². The highest BCUT2D eigenvalue weighted by Crippen LogP contribution is 2.42. The van der Waals surface area contributed by atoms with Crippen LogP contribution in [0.2, 0.25) is 0 Å². The molecular weight excluding hydrogens is 348 g/mol. The fourth-order valence-corrected chi connectivity index (χ4v) is 4.79. The molecule has 26 heavy (non-hydrogen) atoms. The number of hydrogen-bond donors (Lipinski definition) is 0. The molecule has 1 aromatic heterocycles. The summed E-state index contributed by atoms with van der Waals surface area (Å²) in [5.74, 6) is 0.525. The molecule has 0 spiro atoms. The number of aromatic nitrogens is 1. The second-order valence-corrected chi connectivity index (χ2v) is 7.68. The van der Waals surface area contributed by atoms with Gasteiger partial charge in [-0.2, -0.15) is 0 Å². The minimum Gasteiger partial charge on any atom is -0.465 e. The van der Waals surface area contributed by atoms with E-state index in [1.807, 2.05) is 60.7 Å². The highest BCUT2D eigenvalue weighted by atomic mass is 32.2. The Hall–Kier alpha value is -2.21. The molecule has 1 unspecified atom stereocenters. The lowest BCUT2D eigenvalue weighted by molar-refractivity contribution is -0.132. The van der Waals surface area contributed by atoms with Crippen molar-refractivity contribution in [2.45, 2.75) is 32.2 Å². The van der Waals surface area contributed by atoms with Crippen molar-refractivity contribution in [2.75, 3.05) is 12.9 Å². The topological polar surface area (TPSA) is 51.5 Å². The average molecular weight is 372 g/mol. The molecule has 2 aromatic rings. The van der Waals surface area contributed by atoms with E-state index >= 15 is 0 Å². The van der Waals surface area contributed by atoms with Crippen LogP contribution in [0.4, 0.5) is 0 Å². The minimum atomic E-state index is -0.348. The summed E-state index contributed by atoms with van der Waals surface area (Å²) >= 11 is 1.71. The molecule has 0 saturated carbocycles. The zero-order valence-corrected chi connectivity index (χ0v) is 16.4. The summed E-state index contributed by atoms with van der Waals surface area (Å²) in [5.41, 5.74) is 4.41. The molecule has 1 fully saturated rings. The molecule has 0 N–H and O–H groups in total. The van der Waals surface area contributed by atoms with Crippen LogP contribution in [0.5, 0.6) is 0 Å². The van der Waals surface area contributed by atoms with E-state index in [-0.39, 0.29) is 17.3 Å². The zero-order chi connectivity index (χ0) is 18.8. The Labute approximate surface area is 158 Å². The predicted molar refractivity (Wildman–Crippen MR) is 103 cm³/mol. The molecular formula is C20H24N2O3S. The molecule has 138 valence electrons. The molecule has 0 aliphatic carbocycles. The summed E-state index contributed by atoms with van der Waals surface area (Å²) in [6.45, 7) is 4.44. The van der Waals surface area contributed by atoms with E-state index in [0.717, 1.165) is 28.3 Å². The number of benzene rings is 1. The van der Waals surface area contributed by atoms with Crippen LogP contribution in [0.25, 0.3) is 0 Å². The number of hydrogen-bond acceptors (Lipinski definition) is 4. The summed E-state index contributed by atoms with van der Waals surface area (Å²) < 4.78 is 7.03. The predicted octanol–water partition coefficient (Wildman–Crippen LogP) is 3.59. The molecule has 1 aliphatic rings. The van der Waals surface area contributed by atoms with Gasteiger partial charge in [-0.1, -0.05) is 30.3 Å². The second kappa shape index (κ2) is 7.58. The number of methoxy groups -OCH3 is 1. The summed E-state index contributed by atoms with van der Waals surface area (Å²) in [7, 11) is 3.34. The SMILES string of the molecule is COC(=O)c1c(C2SCCC(=O)N2Cc2ccccc2)c(C)n(C)c1C. The maximum absolute atomic E-state index is 12.7. The van der Waals surface area contributed by atoms with Crippen molar-refractivity contribution in [2.24, 2.45) is 7.05 Å². The van der Waals surface area contributed by atoms with Gasteiger partial charge in [0.15, 0.2) is 0 Å². The number of esters is 1. The largest absolute Gasteiger partial charge is 0.465 e. The van der Waals surface area contributed by atoms with Gasteiger partial charge in [-0.05, 0) is 19.4 Å². The first-order valence-corrected chi connectivity index (χ1v) is 9.69. The van der Waals surface area contributed by atoms with E-state index in [1.54, 1.807) is 11.8 Å². The Morgan fingerprint density at radius 2 is 1.92 bits per heavy atom. The van der Waals surface area contributed by atoms with Crippen molar-refractivity contribution in [3.05, 3.63) is 58.4 Å². The van der Waals surface area contributed by atoms with Crippen molar-refractivity contribution < 1.29 is 14.3 Å². The lowest BCUT2D eigenvalue weighted by Crippen LogP contribution is -2.37. The van der Waals surface area contributed by atoms with Crippen LogP contribution in [-0.4, -0.2) is 34.2 Å². The molecule has 3 rings (SSSR count). The quantitative estimate of drug-likeness (QED) is 0.770. The van der Waals surface area contributed by atoms with E-state index in [2.05, 4.69) is 0 Å². The molecule has 1 aliphatic heterocycles. The van der Waals surface area contributed by atoms with Gasteiger partial charge in [-0.3, -0.25) is 4.79 Å². The van der Waals surface area contributed by atoms with Gasteiger partial charge in [0, 0.05) is 42.7 Å². The molecule has 0 radical (unpaired) electrons. The first-order chi connectivity index (χ1) is 12.5. The number of carbonyl (C=O) groups excluding carboxylic acids is 2. The van der Waals surface area contributed by atoms with Crippen molar-refractivity contribution in [3.63, 3.8) is 0 Å². The van der Waals surface area contributed by atoms with Crippen LogP contribution >= 0.6 is 11.8 Å². The van der Waals surface area contributed by atoms with Crippen LogP contribution in [0.3, 0.4) is 0 Å². The highest BCUT2D eigenvalue weighted by Gasteiger charge is 2.36. The zero-order valence-electron chi connectivity index (χ0n) is 15.6. The lowest BCUT2D eigenvalue weighted by Gasteiger charge is -2.36. The number of nitrogens with zero attached hydrogens (tertiary/aromatic N) is 2. The minimum absolute atomic E-state index is 0.120. The molecule has 2 heterocycles. The maximum Gasteiger partial charge on any atom is 0.340 e. The smallest absolute Gasteiger partial charge is 0.340 e. The van der Waals surface area contributed by atoms with E-state index < -0.39 is 0 Å². The summed E-state index contributed by atoms with van der Waals surface area (Å²) in [5, 5.41) is -0.189. The van der Waals surface area contributed by atoms with E-state index in [9.17, 15) is 9.59 Å². The fraction of sp³-hybridized carbons (Fsp3) is 0.400. The summed E-state index contributed by atoms with van der Waals surface area (Å²) in [6, 6.07) is 9.96. The Morgan fingerprint density at radius 3 is 2.58 bits per heavy atom. The van der Waals surface area contributed by atoms with Crippen LogP contribution in [0.15, 0.2) is 30.3 Å². The maximum atomic E-state index is 12.7. The third kappa shape index (κ3) is 3.26. The normalized spacial score (nSPS) is 17.5. The van der Waals surface area contributed by atoms with Gasteiger partial charge in [0.2, 0.25) is 5.91 Å². The van der Waals surface area contributed by atoms with Crippen molar-refractivity contribution in [1.82, 2.24) is 9.47 Å². The first-order valence-electron chi connectivity index (χ1n) is 8.64. The third-order valence-electron chi connectivity index (χ3n) is 5.05. The molecule has 1 amide bonds. The highest BCUT2D eigenvalue weighted by molar-refractivity contribution is 7.99. The number of thioether (sulfide) groups is 1. The standard InChI is InChI=1S/C20H24N2O3S/c1-13-17(18(20(24)25-4)14(2)21(13)3)19-22(16(23)10-11-26-19)12-15-8-6-5-7-9-15/h5-9,19H,10-12H2,1-4H3. The first kappa shape index (κ1) is 18.6. The van der Waals surface area contributed by atoms with Crippen molar-refractivity contribution in [3.8, 4) is 0 Å². The van der Waals surface area contributed by atoms with Gasteiger partial charge in [0.1, 0.15) is 5.37 Å². The Kier molecular flexibility index (Phi) is 5.41. The van der Waals surface area contributed by atoms with Gasteiger partial charge >= 0.3 is 5.97 Å². The van der Waals surface area contributed by atoms with Gasteiger partial charge in [-0.25, -0.2) is 4.79 Å². The van der Waals surface area contributed by atoms with Gasteiger partial charge in [-0.15, -0.1) is 11.8 Å². The Balaban J connectivity index is 2.07. The average Bonchev–Trinajstić information content (AvgIpc) is 2.87. The Bertz CT molecular complexity index is 829. The van der Waals surface area contributed by atoms with Gasteiger partial charge in [0.05, 0.1) is 12.7 Å². The van der Waals surface area contributed by atoms with Crippen molar-refractivity contribution >= 4 is 23.6 Å². The molecule has 6 heteroatoms. The van der Waals surface area contributed by atoms with Crippen LogP contribution in [0.1, 0.15) is 44.7 Å². The van der Waals surface area contributed by atoms with Crippen LogP contribution < -0.4 is 0 Å². The lowest BCUT2D eigenvalue weighted by atomic mass is 10.1. The number of carbonyl (C=O) groups is 2. The van der Waals surface area contributed by atoms with Crippen LogP contribution in [0, 0.1) is 13.8 Å². The number of rotatable bonds is 4. The number of ether oxygens (including phenoxy) is 1. The van der Waals surface area contributed by atoms with Gasteiger partial charge in [0.25, 0.3) is 0 Å². The molecule has 0 bridgehead atoms. The summed E-state index contributed by atoms with van der Waals surface area (Å²) in [6.07, 6.45) is 0.520. The summed E-state index contributed by atoms with van der Waals surface area (Å²) in [4.78, 5) is 27.1. The number of amides is 1. The monoisotopic (exact) mass is 372 g/mol. The van der Waals surface area contributed by atoms with E-state index in [0.29, 0.717) is 18.5 Å². The molecule has 1 aromatic carbocycles. The molecule has 1 saturated heterocycles. The molecule has 1 atom stereocenters. The molecule has 5 nitrogen and oxygen atoms in total. The Morgan fingerprint density at radius 1 is 1.23 bits per heavy atom. The van der Waals surface area contributed by atoms with Crippen LogP contribution in [-0.2, 0) is 23.1 Å². The van der Waals surface area contributed by atoms with E-state index in [4.69, 9.17) is 4.74 Å². The second-order valence-electron chi connectivity index (χ2n) is 6.49. The fourth-order valence-electron chi connectivity index (χ4n) is 3.45. The van der Waals surface area contributed by atoms with Crippen molar-refractivity contribution in [1.29, 1.82) is 0 Å². The third-order valence-corrected chi connectivity index (χ3v) is 6.30. The van der Waals surface area contributed by atoms with Gasteiger partial charge < -0.3 is 14.2 Å².